The zero-order valence-electron chi connectivity index (χ0n) is 29.0. The lowest BCUT2D eigenvalue weighted by Crippen LogP contribution is -2.57. The second-order valence-corrected chi connectivity index (χ2v) is 16.0. The predicted octanol–water partition coefficient (Wildman–Crippen LogP) is 10.2. The fraction of sp³-hybridized carbons (Fsp3) is 0.591. The zero-order chi connectivity index (χ0) is 32.3. The Hall–Kier alpha value is -3.16. The highest BCUT2D eigenvalue weighted by atomic mass is 15.3. The van der Waals surface area contributed by atoms with E-state index in [4.69, 9.17) is 4.99 Å². The third-order valence-corrected chi connectivity index (χ3v) is 13.1. The monoisotopic (exact) mass is 640 g/mol. The van der Waals surface area contributed by atoms with Gasteiger partial charge in [0.2, 0.25) is 0 Å². The Bertz CT molecular complexity index is 1550. The molecule has 0 aromatic carbocycles. The predicted molar refractivity (Wildman–Crippen MR) is 198 cm³/mol. The summed E-state index contributed by atoms with van der Waals surface area (Å²) in [6.07, 6.45) is 47.0. The van der Waals surface area contributed by atoms with Crippen LogP contribution in [-0.2, 0) is 0 Å². The quantitative estimate of drug-likeness (QED) is 0.284. The average Bonchev–Trinajstić information content (AvgIpc) is 3.18. The molecule has 0 amide bonds. The lowest BCUT2D eigenvalue weighted by atomic mass is 9.68. The molecule has 0 radical (unpaired) electrons. The first-order valence-corrected chi connectivity index (χ1v) is 19.8. The number of amidine groups is 1. The van der Waals surface area contributed by atoms with Gasteiger partial charge in [0.05, 0.1) is 12.0 Å². The van der Waals surface area contributed by atoms with Crippen LogP contribution >= 0.6 is 0 Å². The minimum Gasteiger partial charge on any atom is -0.351 e. The molecule has 4 heteroatoms. The van der Waals surface area contributed by atoms with E-state index in [1.54, 1.807) is 27.9 Å². The molecule has 1 aliphatic heterocycles. The van der Waals surface area contributed by atoms with Crippen LogP contribution in [0.1, 0.15) is 116 Å². The minimum atomic E-state index is 0.120. The molecule has 1 saturated carbocycles. The Kier molecular flexibility index (Phi) is 9.86. The summed E-state index contributed by atoms with van der Waals surface area (Å²) < 4.78 is 0. The van der Waals surface area contributed by atoms with E-state index in [0.29, 0.717) is 23.7 Å². The lowest BCUT2D eigenvalue weighted by Gasteiger charge is -2.39. The maximum Gasteiger partial charge on any atom is 0.131 e. The van der Waals surface area contributed by atoms with Gasteiger partial charge in [-0.25, -0.2) is 4.99 Å². The third kappa shape index (κ3) is 6.82. The summed E-state index contributed by atoms with van der Waals surface area (Å²) in [5.41, 5.74) is 9.35. The van der Waals surface area contributed by atoms with Crippen LogP contribution in [0, 0.1) is 46.8 Å². The summed E-state index contributed by atoms with van der Waals surface area (Å²) in [4.78, 5) is 5.37. The zero-order valence-corrected chi connectivity index (χ0v) is 29.0. The van der Waals surface area contributed by atoms with Gasteiger partial charge in [-0.15, -0.1) is 0 Å². The van der Waals surface area contributed by atoms with E-state index in [0.717, 1.165) is 43.9 Å². The highest BCUT2D eigenvalue weighted by molar-refractivity contribution is 6.01. The number of nitriles is 1. The first-order chi connectivity index (χ1) is 23.7. The van der Waals surface area contributed by atoms with Crippen molar-refractivity contribution < 1.29 is 0 Å². The maximum absolute atomic E-state index is 9.48. The maximum atomic E-state index is 9.48. The Morgan fingerprint density at radius 1 is 0.729 bits per heavy atom. The molecule has 7 atom stereocenters. The molecule has 0 bridgehead atoms. The van der Waals surface area contributed by atoms with Gasteiger partial charge >= 0.3 is 0 Å². The number of nitrogens with zero attached hydrogens (tertiary/aromatic N) is 2. The van der Waals surface area contributed by atoms with Crippen molar-refractivity contribution in [1.82, 2.24) is 10.6 Å². The number of hydrogen-bond donors (Lipinski definition) is 2. The fourth-order valence-corrected chi connectivity index (χ4v) is 10.3. The molecule has 8 rings (SSSR count). The van der Waals surface area contributed by atoms with Gasteiger partial charge in [0, 0.05) is 17.4 Å². The van der Waals surface area contributed by atoms with Crippen molar-refractivity contribution in [1.29, 1.82) is 5.26 Å². The van der Waals surface area contributed by atoms with E-state index >= 15 is 0 Å². The molecule has 0 aromatic heterocycles. The second-order valence-electron chi connectivity index (χ2n) is 16.0. The Balaban J connectivity index is 0.962. The molecule has 0 aromatic rings. The first kappa shape index (κ1) is 32.1. The normalized spacial score (nSPS) is 35.7. The molecule has 2 N–H and O–H groups in total. The highest BCUT2D eigenvalue weighted by Gasteiger charge is 2.35. The molecule has 8 aliphatic rings. The number of rotatable bonds is 6. The van der Waals surface area contributed by atoms with Gasteiger partial charge in [-0.1, -0.05) is 85.6 Å². The van der Waals surface area contributed by atoms with Gasteiger partial charge in [-0.2, -0.15) is 5.26 Å². The molecular formula is C44H56N4. The third-order valence-electron chi connectivity index (χ3n) is 13.1. The summed E-state index contributed by atoms with van der Waals surface area (Å²) in [6, 6.07) is 2.50. The molecule has 7 aliphatic carbocycles. The summed E-state index contributed by atoms with van der Waals surface area (Å²) in [5, 5.41) is 17.3. The molecular weight excluding hydrogens is 585 g/mol. The SMILES string of the molecule is N#CC1C=CCC(C2CC=C(C3CC=C(C4C=CC(C5=NC(C6CCCCC6)NC(C6=CCCCC6)N5)=CC4)C4=C3C=CCC4)CC2)C1. The van der Waals surface area contributed by atoms with E-state index in [9.17, 15) is 5.26 Å². The molecule has 48 heavy (non-hydrogen) atoms. The summed E-state index contributed by atoms with van der Waals surface area (Å²) in [5.74, 6) is 4.30. The second kappa shape index (κ2) is 14.8. The van der Waals surface area contributed by atoms with Crippen LogP contribution in [0.3, 0.4) is 0 Å². The lowest BCUT2D eigenvalue weighted by molar-refractivity contribution is 0.249. The number of aliphatic imine (C=N–C) groups is 1. The van der Waals surface area contributed by atoms with Gasteiger partial charge in [-0.3, -0.25) is 5.32 Å². The topological polar surface area (TPSA) is 60.2 Å². The van der Waals surface area contributed by atoms with Crippen molar-refractivity contribution in [3.05, 3.63) is 94.2 Å². The smallest absolute Gasteiger partial charge is 0.131 e. The summed E-state index contributed by atoms with van der Waals surface area (Å²) in [7, 11) is 0. The number of allylic oxidation sites excluding steroid dienone is 13. The highest BCUT2D eigenvalue weighted by Crippen LogP contribution is 2.47. The summed E-state index contributed by atoms with van der Waals surface area (Å²) in [6.45, 7) is 0. The molecule has 1 fully saturated rings. The van der Waals surface area contributed by atoms with Crippen molar-refractivity contribution in [3.8, 4) is 6.07 Å². The van der Waals surface area contributed by atoms with Crippen LogP contribution in [0.5, 0.6) is 0 Å². The van der Waals surface area contributed by atoms with Crippen molar-refractivity contribution in [3.63, 3.8) is 0 Å². The molecule has 7 unspecified atom stereocenters. The van der Waals surface area contributed by atoms with Gasteiger partial charge < -0.3 is 5.32 Å². The van der Waals surface area contributed by atoms with Crippen molar-refractivity contribution in [2.45, 2.75) is 128 Å². The molecule has 1 heterocycles. The van der Waals surface area contributed by atoms with Crippen LogP contribution in [0.25, 0.3) is 0 Å². The van der Waals surface area contributed by atoms with Crippen LogP contribution in [0.2, 0.25) is 0 Å². The van der Waals surface area contributed by atoms with Gasteiger partial charge in [0.1, 0.15) is 18.2 Å². The van der Waals surface area contributed by atoms with Crippen molar-refractivity contribution >= 4 is 5.84 Å². The van der Waals surface area contributed by atoms with E-state index in [1.807, 2.05) is 0 Å². The largest absolute Gasteiger partial charge is 0.351 e. The Morgan fingerprint density at radius 3 is 2.46 bits per heavy atom. The van der Waals surface area contributed by atoms with Crippen molar-refractivity contribution in [2.24, 2.45) is 40.5 Å². The molecule has 4 nitrogen and oxygen atoms in total. The van der Waals surface area contributed by atoms with Gasteiger partial charge in [-0.05, 0) is 136 Å². The fourth-order valence-electron chi connectivity index (χ4n) is 10.3. The van der Waals surface area contributed by atoms with Crippen LogP contribution in [-0.4, -0.2) is 18.2 Å². The standard InChI is InChI=1S/C44H56N4/c45-29-30-10-9-15-37(28-30)31-18-20-32(21-19-31)38-26-27-39(41-17-8-7-16-40(38)41)33-22-24-36(25-23-33)44-47-42(34-11-3-1-4-12-34)46-43(48-44)35-13-5-2-6-14-35/h7,9-11,16,20,22,24-25,27,30-31,33,35,37-38,42-43,46H,1-6,8,12-15,17-19,21,23,26,28H2,(H,47,48). The van der Waals surface area contributed by atoms with Gasteiger partial charge in [0.15, 0.2) is 0 Å². The van der Waals surface area contributed by atoms with Crippen LogP contribution in [0.15, 0.2) is 99.2 Å². The Labute approximate surface area is 289 Å². The van der Waals surface area contributed by atoms with Gasteiger partial charge in [0.25, 0.3) is 0 Å². The minimum absolute atomic E-state index is 0.120. The average molecular weight is 641 g/mol. The molecule has 0 saturated heterocycles. The van der Waals surface area contributed by atoms with E-state index < -0.39 is 0 Å². The van der Waals surface area contributed by atoms with E-state index in [1.165, 1.54) is 89.0 Å². The number of nitrogens with one attached hydrogen (secondary N) is 2. The Morgan fingerprint density at radius 2 is 1.67 bits per heavy atom. The van der Waals surface area contributed by atoms with Crippen LogP contribution < -0.4 is 10.6 Å². The van der Waals surface area contributed by atoms with Crippen LogP contribution in [0.4, 0.5) is 0 Å². The first-order valence-electron chi connectivity index (χ1n) is 19.8. The van der Waals surface area contributed by atoms with E-state index in [-0.39, 0.29) is 18.2 Å². The van der Waals surface area contributed by atoms with Crippen molar-refractivity contribution in [2.75, 3.05) is 0 Å². The molecule has 252 valence electrons. The summed E-state index contributed by atoms with van der Waals surface area (Å²) >= 11 is 0. The van der Waals surface area contributed by atoms with E-state index in [2.05, 4.69) is 77.5 Å². The molecule has 0 spiro atoms. The number of hydrogen-bond acceptors (Lipinski definition) is 4.